The molecule has 1 aromatic heterocycles. The molecule has 0 spiro atoms. The maximum absolute atomic E-state index is 12.1. The lowest BCUT2D eigenvalue weighted by Crippen LogP contribution is -2.37. The number of imidazole rings is 1. The molecule has 1 fully saturated rings. The molecular formula is C13H21N3O2. The third kappa shape index (κ3) is 3.32. The minimum atomic E-state index is -0.336. The lowest BCUT2D eigenvalue weighted by Gasteiger charge is -2.25. The number of nitrogens with zero attached hydrogens (tertiary/aromatic N) is 3. The van der Waals surface area contributed by atoms with Gasteiger partial charge in [-0.2, -0.15) is 0 Å². The van der Waals surface area contributed by atoms with Crippen LogP contribution in [0.1, 0.15) is 32.6 Å². The van der Waals surface area contributed by atoms with Gasteiger partial charge in [0.1, 0.15) is 0 Å². The smallest absolute Gasteiger partial charge is 0.224 e. The third-order valence-corrected chi connectivity index (χ3v) is 3.45. The van der Waals surface area contributed by atoms with Crippen molar-refractivity contribution >= 4 is 5.91 Å². The minimum absolute atomic E-state index is 0.187. The number of aliphatic hydroxyl groups excluding tert-OH is 1. The Bertz CT molecular complexity index is 376. The summed E-state index contributed by atoms with van der Waals surface area (Å²) in [4.78, 5) is 18.0. The minimum Gasteiger partial charge on any atom is -0.393 e. The van der Waals surface area contributed by atoms with Gasteiger partial charge in [-0.3, -0.25) is 4.79 Å². The van der Waals surface area contributed by atoms with Crippen molar-refractivity contribution in [2.75, 3.05) is 6.54 Å². The highest BCUT2D eigenvalue weighted by molar-refractivity contribution is 5.76. The first-order valence-corrected chi connectivity index (χ1v) is 6.60. The number of aliphatic hydroxyl groups is 1. The average Bonchev–Trinajstić information content (AvgIpc) is 2.95. The molecule has 0 saturated carbocycles. The molecule has 1 aromatic rings. The molecule has 2 unspecified atom stereocenters. The SMILES string of the molecule is CC(O)CC1CCCN1C(=O)CCn1ccnc1. The summed E-state index contributed by atoms with van der Waals surface area (Å²) < 4.78 is 1.91. The molecule has 1 N–H and O–H groups in total. The summed E-state index contributed by atoms with van der Waals surface area (Å²) in [7, 11) is 0. The summed E-state index contributed by atoms with van der Waals surface area (Å²) in [5.41, 5.74) is 0. The highest BCUT2D eigenvalue weighted by Gasteiger charge is 2.28. The molecule has 0 radical (unpaired) electrons. The summed E-state index contributed by atoms with van der Waals surface area (Å²) >= 11 is 0. The van der Waals surface area contributed by atoms with Crippen LogP contribution in [0.3, 0.4) is 0 Å². The number of carbonyl (C=O) groups excluding carboxylic acids is 1. The Hall–Kier alpha value is -1.36. The van der Waals surface area contributed by atoms with Crippen molar-refractivity contribution in [1.82, 2.24) is 14.5 Å². The van der Waals surface area contributed by atoms with Gasteiger partial charge in [-0.1, -0.05) is 0 Å². The van der Waals surface area contributed by atoms with Gasteiger partial charge in [-0.05, 0) is 26.2 Å². The number of aryl methyl sites for hydroxylation is 1. The molecule has 5 nitrogen and oxygen atoms in total. The standard InChI is InChI=1S/C13H21N3O2/c1-11(17)9-12-3-2-6-16(12)13(18)4-7-15-8-5-14-10-15/h5,8,10-12,17H,2-4,6-7,9H2,1H3. The number of hydrogen-bond acceptors (Lipinski definition) is 3. The van der Waals surface area contributed by atoms with Gasteiger partial charge in [0.2, 0.25) is 5.91 Å². The Balaban J connectivity index is 1.84. The second kappa shape index (κ2) is 6.00. The van der Waals surface area contributed by atoms with Gasteiger partial charge in [0, 0.05) is 37.9 Å². The van der Waals surface area contributed by atoms with Crippen LogP contribution < -0.4 is 0 Å². The predicted molar refractivity (Wildman–Crippen MR) is 67.9 cm³/mol. The van der Waals surface area contributed by atoms with Crippen molar-refractivity contribution in [3.05, 3.63) is 18.7 Å². The molecule has 1 aliphatic rings. The van der Waals surface area contributed by atoms with Gasteiger partial charge in [0.15, 0.2) is 0 Å². The Morgan fingerprint density at radius 3 is 3.11 bits per heavy atom. The van der Waals surface area contributed by atoms with Crippen molar-refractivity contribution in [1.29, 1.82) is 0 Å². The number of likely N-dealkylation sites (tertiary alicyclic amines) is 1. The molecule has 1 aliphatic heterocycles. The number of carbonyl (C=O) groups is 1. The molecule has 5 heteroatoms. The lowest BCUT2D eigenvalue weighted by molar-refractivity contribution is -0.132. The van der Waals surface area contributed by atoms with E-state index in [0.717, 1.165) is 19.4 Å². The van der Waals surface area contributed by atoms with Gasteiger partial charge >= 0.3 is 0 Å². The van der Waals surface area contributed by atoms with Crippen LogP contribution in [0.2, 0.25) is 0 Å². The first-order valence-electron chi connectivity index (χ1n) is 6.60. The fraction of sp³-hybridized carbons (Fsp3) is 0.692. The van der Waals surface area contributed by atoms with Crippen molar-refractivity contribution in [3.8, 4) is 0 Å². The van der Waals surface area contributed by atoms with Crippen LogP contribution in [0.5, 0.6) is 0 Å². The van der Waals surface area contributed by atoms with Crippen molar-refractivity contribution in [3.63, 3.8) is 0 Å². The summed E-state index contributed by atoms with van der Waals surface area (Å²) in [6.45, 7) is 3.29. The number of aromatic nitrogens is 2. The zero-order valence-electron chi connectivity index (χ0n) is 10.8. The van der Waals surface area contributed by atoms with E-state index in [1.807, 2.05) is 15.7 Å². The monoisotopic (exact) mass is 251 g/mol. The summed E-state index contributed by atoms with van der Waals surface area (Å²) in [6.07, 6.45) is 8.24. The largest absolute Gasteiger partial charge is 0.393 e. The molecule has 0 aliphatic carbocycles. The highest BCUT2D eigenvalue weighted by atomic mass is 16.3. The Labute approximate surface area is 107 Å². The van der Waals surface area contributed by atoms with E-state index in [-0.39, 0.29) is 18.1 Å². The van der Waals surface area contributed by atoms with Crippen LogP contribution in [-0.2, 0) is 11.3 Å². The van der Waals surface area contributed by atoms with Gasteiger partial charge in [-0.25, -0.2) is 4.98 Å². The molecule has 2 atom stereocenters. The lowest BCUT2D eigenvalue weighted by atomic mass is 10.1. The first kappa shape index (κ1) is 13.1. The molecule has 1 amide bonds. The van der Waals surface area contributed by atoms with E-state index < -0.39 is 0 Å². The Morgan fingerprint density at radius 2 is 2.44 bits per heavy atom. The van der Waals surface area contributed by atoms with E-state index in [9.17, 15) is 9.90 Å². The maximum atomic E-state index is 12.1. The van der Waals surface area contributed by atoms with Crippen LogP contribution in [-0.4, -0.2) is 44.2 Å². The summed E-state index contributed by atoms with van der Waals surface area (Å²) in [5, 5.41) is 9.44. The molecule has 0 bridgehead atoms. The van der Waals surface area contributed by atoms with Crippen LogP contribution in [0.25, 0.3) is 0 Å². The Kier molecular flexibility index (Phi) is 4.36. The van der Waals surface area contributed by atoms with E-state index in [1.165, 1.54) is 0 Å². The quantitative estimate of drug-likeness (QED) is 0.850. The molecule has 100 valence electrons. The van der Waals surface area contributed by atoms with E-state index >= 15 is 0 Å². The Morgan fingerprint density at radius 1 is 1.61 bits per heavy atom. The van der Waals surface area contributed by atoms with E-state index in [2.05, 4.69) is 4.98 Å². The molecule has 18 heavy (non-hydrogen) atoms. The van der Waals surface area contributed by atoms with E-state index in [4.69, 9.17) is 0 Å². The second-order valence-corrected chi connectivity index (χ2v) is 5.02. The van der Waals surface area contributed by atoms with Crippen LogP contribution in [0.15, 0.2) is 18.7 Å². The maximum Gasteiger partial charge on any atom is 0.224 e. The number of hydrogen-bond donors (Lipinski definition) is 1. The van der Waals surface area contributed by atoms with Crippen LogP contribution in [0, 0.1) is 0 Å². The number of rotatable bonds is 5. The summed E-state index contributed by atoms with van der Waals surface area (Å²) in [5.74, 6) is 0.187. The van der Waals surface area contributed by atoms with Gasteiger partial charge in [0.05, 0.1) is 12.4 Å². The van der Waals surface area contributed by atoms with Crippen molar-refractivity contribution in [2.45, 2.75) is 51.3 Å². The normalized spacial score (nSPS) is 21.2. The second-order valence-electron chi connectivity index (χ2n) is 5.02. The van der Waals surface area contributed by atoms with Crippen LogP contribution >= 0.6 is 0 Å². The molecule has 1 saturated heterocycles. The predicted octanol–water partition coefficient (Wildman–Crippen LogP) is 1.04. The van der Waals surface area contributed by atoms with Crippen molar-refractivity contribution < 1.29 is 9.90 Å². The summed E-state index contributed by atoms with van der Waals surface area (Å²) in [6, 6.07) is 0.222. The zero-order chi connectivity index (χ0) is 13.0. The van der Waals surface area contributed by atoms with Crippen LogP contribution in [0.4, 0.5) is 0 Å². The number of amides is 1. The zero-order valence-corrected chi connectivity index (χ0v) is 10.8. The topological polar surface area (TPSA) is 58.4 Å². The van der Waals surface area contributed by atoms with E-state index in [0.29, 0.717) is 19.4 Å². The molecule has 0 aromatic carbocycles. The van der Waals surface area contributed by atoms with Gasteiger partial charge < -0.3 is 14.6 Å². The molecule has 2 rings (SSSR count). The van der Waals surface area contributed by atoms with Gasteiger partial charge in [-0.15, -0.1) is 0 Å². The molecular weight excluding hydrogens is 230 g/mol. The fourth-order valence-corrected chi connectivity index (χ4v) is 2.59. The third-order valence-electron chi connectivity index (χ3n) is 3.45. The highest BCUT2D eigenvalue weighted by Crippen LogP contribution is 2.22. The van der Waals surface area contributed by atoms with E-state index in [1.54, 1.807) is 19.4 Å². The van der Waals surface area contributed by atoms with Gasteiger partial charge in [0.25, 0.3) is 0 Å². The fourth-order valence-electron chi connectivity index (χ4n) is 2.59. The molecule has 2 heterocycles. The first-order chi connectivity index (χ1) is 8.66. The van der Waals surface area contributed by atoms with Crippen molar-refractivity contribution in [2.24, 2.45) is 0 Å². The average molecular weight is 251 g/mol.